The molecule has 2 aliphatic rings. The summed E-state index contributed by atoms with van der Waals surface area (Å²) in [4.78, 5) is 15.5. The monoisotopic (exact) mass is 215 g/mol. The van der Waals surface area contributed by atoms with E-state index in [2.05, 4.69) is 4.99 Å². The van der Waals surface area contributed by atoms with Crippen molar-refractivity contribution in [3.63, 3.8) is 0 Å². The normalized spacial score (nSPS) is 32.3. The number of aliphatic imine (C=N–C) groups is 1. The molecule has 2 unspecified atom stereocenters. The number of carbonyl (C=O) groups is 1. The average molecular weight is 216 g/mol. The van der Waals surface area contributed by atoms with Crippen LogP contribution < -0.4 is 0 Å². The summed E-state index contributed by atoms with van der Waals surface area (Å²) in [5, 5.41) is -0.210. The predicted octanol–water partition coefficient (Wildman–Crippen LogP) is 2.07. The molecular formula is C9H7Cl2NO. The maximum Gasteiger partial charge on any atom is 0.183 e. The molecule has 13 heavy (non-hydrogen) atoms. The van der Waals surface area contributed by atoms with Crippen LogP contribution >= 0.6 is 23.2 Å². The second-order valence-electron chi connectivity index (χ2n) is 2.97. The van der Waals surface area contributed by atoms with Gasteiger partial charge in [0.25, 0.3) is 0 Å². The molecule has 2 rings (SSSR count). The molecule has 0 spiro atoms. The van der Waals surface area contributed by atoms with Crippen molar-refractivity contribution in [3.8, 4) is 0 Å². The van der Waals surface area contributed by atoms with Crippen LogP contribution in [-0.2, 0) is 4.79 Å². The van der Waals surface area contributed by atoms with Crippen molar-refractivity contribution >= 4 is 34.7 Å². The third-order valence-corrected chi connectivity index (χ3v) is 2.49. The summed E-state index contributed by atoms with van der Waals surface area (Å²) >= 11 is 11.6. The van der Waals surface area contributed by atoms with Gasteiger partial charge in [-0.3, -0.25) is 9.79 Å². The smallest absolute Gasteiger partial charge is 0.183 e. The molecule has 0 aromatic carbocycles. The fourth-order valence-electron chi connectivity index (χ4n) is 1.40. The van der Waals surface area contributed by atoms with Gasteiger partial charge in [-0.1, -0.05) is 23.8 Å². The first kappa shape index (κ1) is 8.97. The number of rotatable bonds is 0. The highest BCUT2D eigenvalue weighted by Gasteiger charge is 2.26. The molecule has 0 fully saturated rings. The third kappa shape index (κ3) is 1.69. The number of hydrogen-bond acceptors (Lipinski definition) is 2. The number of fused-ring (bicyclic) bond motifs is 1. The third-order valence-electron chi connectivity index (χ3n) is 1.97. The summed E-state index contributed by atoms with van der Waals surface area (Å²) < 4.78 is 0. The summed E-state index contributed by atoms with van der Waals surface area (Å²) in [5.41, 5.74) is 0.857. The summed E-state index contributed by atoms with van der Waals surface area (Å²) in [6.45, 7) is 0. The molecule has 0 saturated carbocycles. The highest BCUT2D eigenvalue weighted by atomic mass is 35.5. The van der Waals surface area contributed by atoms with Crippen LogP contribution in [0.25, 0.3) is 0 Å². The zero-order valence-electron chi connectivity index (χ0n) is 6.71. The Morgan fingerprint density at radius 3 is 3.00 bits per heavy atom. The molecule has 1 aliphatic carbocycles. The standard InChI is InChI=1S/C9H7Cl2NO/c10-6-3-5-1-2-8(11)12-9(5)7(13)4-6/h1-3,6,8H,4H2. The first-order valence-corrected chi connectivity index (χ1v) is 4.83. The lowest BCUT2D eigenvalue weighted by molar-refractivity contribution is -0.112. The molecule has 2 nitrogen and oxygen atoms in total. The molecule has 68 valence electrons. The van der Waals surface area contributed by atoms with Crippen molar-refractivity contribution in [2.75, 3.05) is 0 Å². The van der Waals surface area contributed by atoms with E-state index in [9.17, 15) is 4.79 Å². The Hall–Kier alpha value is -0.600. The zero-order valence-corrected chi connectivity index (χ0v) is 8.22. The fourth-order valence-corrected chi connectivity index (χ4v) is 1.84. The van der Waals surface area contributed by atoms with Crippen molar-refractivity contribution in [2.24, 2.45) is 4.99 Å². The molecule has 1 aliphatic heterocycles. The van der Waals surface area contributed by atoms with Gasteiger partial charge >= 0.3 is 0 Å². The number of hydrogen-bond donors (Lipinski definition) is 0. The molecule has 4 heteroatoms. The minimum atomic E-state index is -0.414. The van der Waals surface area contributed by atoms with Crippen LogP contribution in [0.4, 0.5) is 0 Å². The first-order valence-electron chi connectivity index (χ1n) is 3.96. The van der Waals surface area contributed by atoms with Gasteiger partial charge < -0.3 is 0 Å². The molecule has 2 atom stereocenters. The van der Waals surface area contributed by atoms with Crippen LogP contribution in [0, 0.1) is 0 Å². The van der Waals surface area contributed by atoms with Crippen molar-refractivity contribution in [3.05, 3.63) is 23.8 Å². The summed E-state index contributed by atoms with van der Waals surface area (Å²) in [5.74, 6) is -0.0208. The van der Waals surface area contributed by atoms with E-state index >= 15 is 0 Å². The summed E-state index contributed by atoms with van der Waals surface area (Å²) in [7, 11) is 0. The van der Waals surface area contributed by atoms with E-state index in [1.807, 2.05) is 6.08 Å². The van der Waals surface area contributed by atoms with E-state index in [-0.39, 0.29) is 11.2 Å². The number of nitrogens with zero attached hydrogens (tertiary/aromatic N) is 1. The Morgan fingerprint density at radius 1 is 1.46 bits per heavy atom. The van der Waals surface area contributed by atoms with Gasteiger partial charge in [-0.15, -0.1) is 11.6 Å². The van der Waals surface area contributed by atoms with Gasteiger partial charge in [0.1, 0.15) is 11.2 Å². The van der Waals surface area contributed by atoms with Crippen molar-refractivity contribution < 1.29 is 4.79 Å². The molecular weight excluding hydrogens is 209 g/mol. The Kier molecular flexibility index (Phi) is 2.26. The van der Waals surface area contributed by atoms with E-state index < -0.39 is 5.50 Å². The lowest BCUT2D eigenvalue weighted by Crippen LogP contribution is -2.27. The highest BCUT2D eigenvalue weighted by molar-refractivity contribution is 6.50. The van der Waals surface area contributed by atoms with Gasteiger partial charge in [0.15, 0.2) is 5.78 Å². The number of carbonyl (C=O) groups excluding carboxylic acids is 1. The number of alkyl halides is 2. The van der Waals surface area contributed by atoms with E-state index in [1.54, 1.807) is 12.2 Å². The predicted molar refractivity (Wildman–Crippen MR) is 53.6 cm³/mol. The van der Waals surface area contributed by atoms with Crippen LogP contribution in [0.5, 0.6) is 0 Å². The maximum atomic E-state index is 11.4. The molecule has 0 aromatic heterocycles. The molecule has 0 radical (unpaired) electrons. The van der Waals surface area contributed by atoms with E-state index in [0.717, 1.165) is 5.57 Å². The van der Waals surface area contributed by atoms with Gasteiger partial charge in [-0.2, -0.15) is 0 Å². The second kappa shape index (κ2) is 3.28. The largest absolute Gasteiger partial charge is 0.292 e. The fraction of sp³-hybridized carbons (Fsp3) is 0.333. The van der Waals surface area contributed by atoms with Gasteiger partial charge in [0.2, 0.25) is 0 Å². The Labute approximate surface area is 85.9 Å². The molecule has 0 bridgehead atoms. The van der Waals surface area contributed by atoms with E-state index in [4.69, 9.17) is 23.2 Å². The van der Waals surface area contributed by atoms with E-state index in [0.29, 0.717) is 12.1 Å². The Balaban J connectivity index is 2.42. The number of ketones is 1. The van der Waals surface area contributed by atoms with Crippen LogP contribution in [0.1, 0.15) is 6.42 Å². The van der Waals surface area contributed by atoms with Crippen LogP contribution in [0.3, 0.4) is 0 Å². The zero-order chi connectivity index (χ0) is 9.42. The Morgan fingerprint density at radius 2 is 2.23 bits per heavy atom. The quantitative estimate of drug-likeness (QED) is 0.450. The molecule has 0 aromatic rings. The van der Waals surface area contributed by atoms with E-state index in [1.165, 1.54) is 0 Å². The van der Waals surface area contributed by atoms with Crippen LogP contribution in [0.15, 0.2) is 28.8 Å². The molecule has 0 saturated heterocycles. The van der Waals surface area contributed by atoms with Gasteiger partial charge in [-0.25, -0.2) is 0 Å². The number of allylic oxidation sites excluding steroid dienone is 3. The van der Waals surface area contributed by atoms with Gasteiger partial charge in [-0.05, 0) is 6.08 Å². The topological polar surface area (TPSA) is 29.4 Å². The summed E-state index contributed by atoms with van der Waals surface area (Å²) in [6, 6.07) is 0. The van der Waals surface area contributed by atoms with Crippen LogP contribution in [-0.4, -0.2) is 22.4 Å². The number of dihydropyridines is 1. The van der Waals surface area contributed by atoms with Gasteiger partial charge in [0, 0.05) is 12.0 Å². The maximum absolute atomic E-state index is 11.4. The lowest BCUT2D eigenvalue weighted by Gasteiger charge is -2.19. The van der Waals surface area contributed by atoms with Crippen molar-refractivity contribution in [1.82, 2.24) is 0 Å². The second-order valence-corrected chi connectivity index (χ2v) is 3.98. The highest BCUT2D eigenvalue weighted by Crippen LogP contribution is 2.23. The molecule has 0 amide bonds. The Bertz CT molecular complexity index is 344. The SMILES string of the molecule is O=C1CC(Cl)C=C2C=CC(Cl)N=C12. The van der Waals surface area contributed by atoms with Crippen LogP contribution in [0.2, 0.25) is 0 Å². The van der Waals surface area contributed by atoms with Crippen molar-refractivity contribution in [1.29, 1.82) is 0 Å². The number of Topliss-reactive ketones (excluding diaryl/α,β-unsaturated/α-hetero) is 1. The van der Waals surface area contributed by atoms with Crippen molar-refractivity contribution in [2.45, 2.75) is 17.3 Å². The van der Waals surface area contributed by atoms with Gasteiger partial charge in [0.05, 0.1) is 5.38 Å². The molecule has 1 heterocycles. The summed E-state index contributed by atoms with van der Waals surface area (Å²) in [6.07, 6.45) is 5.69. The minimum absolute atomic E-state index is 0.0208. The average Bonchev–Trinajstić information content (AvgIpc) is 2.06. The number of halogens is 2. The minimum Gasteiger partial charge on any atom is -0.292 e. The first-order chi connectivity index (χ1) is 6.16. The lowest BCUT2D eigenvalue weighted by atomic mass is 9.94. The molecule has 0 N–H and O–H groups in total.